The molecule has 0 radical (unpaired) electrons. The highest BCUT2D eigenvalue weighted by Crippen LogP contribution is 2.26. The number of nitro groups is 1. The van der Waals surface area contributed by atoms with E-state index in [-0.39, 0.29) is 17.2 Å². The molecule has 0 aliphatic carbocycles. The predicted molar refractivity (Wildman–Crippen MR) is 98.2 cm³/mol. The number of hydrogen-bond donors (Lipinski definition) is 0. The van der Waals surface area contributed by atoms with Crippen molar-refractivity contribution in [3.63, 3.8) is 0 Å². The molecule has 7 nitrogen and oxygen atoms in total. The third-order valence-electron chi connectivity index (χ3n) is 4.61. The Balaban J connectivity index is 1.87. The number of carbonyl (C=O) groups excluding carboxylic acids is 2. The maximum Gasteiger partial charge on any atom is 0.339 e. The van der Waals surface area contributed by atoms with Gasteiger partial charge in [0, 0.05) is 30.3 Å². The first-order chi connectivity index (χ1) is 13.0. The van der Waals surface area contributed by atoms with Crippen LogP contribution in [0.15, 0.2) is 48.5 Å². The van der Waals surface area contributed by atoms with Crippen LogP contribution < -0.4 is 0 Å². The molecule has 2 aromatic rings. The fourth-order valence-corrected chi connectivity index (χ4v) is 3.10. The molecule has 1 aliphatic rings. The molecule has 1 aliphatic heterocycles. The number of rotatable bonds is 5. The Bertz CT molecular complexity index is 860. The molecule has 2 aromatic carbocycles. The van der Waals surface area contributed by atoms with E-state index in [0.29, 0.717) is 24.2 Å². The average molecular weight is 368 g/mol. The summed E-state index contributed by atoms with van der Waals surface area (Å²) in [6.07, 6.45) is 0.772. The van der Waals surface area contributed by atoms with E-state index in [1.54, 1.807) is 36.1 Å². The first-order valence-corrected chi connectivity index (χ1v) is 8.77. The van der Waals surface area contributed by atoms with Crippen LogP contribution in [0.5, 0.6) is 0 Å². The largest absolute Gasteiger partial charge is 0.444 e. The molecule has 1 atom stereocenters. The van der Waals surface area contributed by atoms with Crippen LogP contribution in [0.3, 0.4) is 0 Å². The Morgan fingerprint density at radius 3 is 2.41 bits per heavy atom. The Morgan fingerprint density at radius 2 is 1.78 bits per heavy atom. The summed E-state index contributed by atoms with van der Waals surface area (Å²) >= 11 is 0. The topological polar surface area (TPSA) is 89.8 Å². The van der Waals surface area contributed by atoms with E-state index in [2.05, 4.69) is 0 Å². The number of esters is 1. The lowest BCUT2D eigenvalue weighted by molar-refractivity contribution is -0.385. The van der Waals surface area contributed by atoms with Crippen molar-refractivity contribution >= 4 is 17.6 Å². The summed E-state index contributed by atoms with van der Waals surface area (Å²) in [4.78, 5) is 37.8. The highest BCUT2D eigenvalue weighted by molar-refractivity contribution is 5.93. The SMILES string of the molecule is Cc1ccc(C(=O)OC(C(=O)N2CCCC2)c2ccccc2)cc1[N+](=O)[O-]. The van der Waals surface area contributed by atoms with Crippen LogP contribution >= 0.6 is 0 Å². The molecular formula is C20H20N2O5. The van der Waals surface area contributed by atoms with Crippen LogP contribution in [-0.2, 0) is 9.53 Å². The number of benzene rings is 2. The maximum atomic E-state index is 12.9. The minimum absolute atomic E-state index is 0.0439. The molecule has 140 valence electrons. The molecule has 27 heavy (non-hydrogen) atoms. The van der Waals surface area contributed by atoms with Gasteiger partial charge in [-0.2, -0.15) is 0 Å². The Labute approximate surface area is 156 Å². The first-order valence-electron chi connectivity index (χ1n) is 8.77. The maximum absolute atomic E-state index is 12.9. The number of carbonyl (C=O) groups is 2. The zero-order valence-electron chi connectivity index (χ0n) is 15.0. The number of hydrogen-bond acceptors (Lipinski definition) is 5. The predicted octanol–water partition coefficient (Wildman–Crippen LogP) is 3.42. The van der Waals surface area contributed by atoms with Crippen LogP contribution in [-0.4, -0.2) is 34.8 Å². The molecule has 0 saturated carbocycles. The number of amides is 1. The summed E-state index contributed by atoms with van der Waals surface area (Å²) in [5.74, 6) is -1.03. The summed E-state index contributed by atoms with van der Waals surface area (Å²) in [6, 6.07) is 12.9. The van der Waals surface area contributed by atoms with Crippen molar-refractivity contribution in [2.45, 2.75) is 25.9 Å². The Morgan fingerprint density at radius 1 is 1.11 bits per heavy atom. The van der Waals surface area contributed by atoms with E-state index in [4.69, 9.17) is 4.74 Å². The minimum atomic E-state index is -1.07. The van der Waals surface area contributed by atoms with E-state index < -0.39 is 17.0 Å². The Hall–Kier alpha value is -3.22. The summed E-state index contributed by atoms with van der Waals surface area (Å²) in [5, 5.41) is 11.1. The quantitative estimate of drug-likeness (QED) is 0.458. The van der Waals surface area contributed by atoms with Crippen LogP contribution in [0.25, 0.3) is 0 Å². The minimum Gasteiger partial charge on any atom is -0.444 e. The average Bonchev–Trinajstić information content (AvgIpc) is 3.21. The van der Waals surface area contributed by atoms with E-state index in [9.17, 15) is 19.7 Å². The highest BCUT2D eigenvalue weighted by Gasteiger charge is 2.31. The Kier molecular flexibility index (Phi) is 5.49. The molecule has 0 bridgehead atoms. The van der Waals surface area contributed by atoms with E-state index in [0.717, 1.165) is 12.8 Å². The van der Waals surface area contributed by atoms with Gasteiger partial charge in [-0.25, -0.2) is 4.79 Å². The summed E-state index contributed by atoms with van der Waals surface area (Å²) < 4.78 is 5.52. The molecule has 7 heteroatoms. The van der Waals surface area contributed by atoms with Gasteiger partial charge in [0.25, 0.3) is 11.6 Å². The molecule has 1 saturated heterocycles. The zero-order valence-corrected chi connectivity index (χ0v) is 15.0. The summed E-state index contributed by atoms with van der Waals surface area (Å²) in [6.45, 7) is 2.86. The van der Waals surface area contributed by atoms with E-state index in [1.807, 2.05) is 6.07 Å². The van der Waals surface area contributed by atoms with Crippen molar-refractivity contribution in [2.75, 3.05) is 13.1 Å². The van der Waals surface area contributed by atoms with Crippen molar-refractivity contribution in [2.24, 2.45) is 0 Å². The van der Waals surface area contributed by atoms with Gasteiger partial charge in [0.2, 0.25) is 6.10 Å². The van der Waals surface area contributed by atoms with Crippen LogP contribution in [0.4, 0.5) is 5.69 Å². The van der Waals surface area contributed by atoms with Gasteiger partial charge < -0.3 is 9.64 Å². The molecule has 0 spiro atoms. The van der Waals surface area contributed by atoms with Crippen molar-refractivity contribution < 1.29 is 19.2 Å². The fraction of sp³-hybridized carbons (Fsp3) is 0.300. The van der Waals surface area contributed by atoms with Crippen molar-refractivity contribution in [1.82, 2.24) is 4.90 Å². The van der Waals surface area contributed by atoms with Gasteiger partial charge in [0.1, 0.15) is 0 Å². The van der Waals surface area contributed by atoms with Crippen molar-refractivity contribution in [1.29, 1.82) is 0 Å². The number of aryl methyl sites for hydroxylation is 1. The molecule has 1 amide bonds. The molecule has 1 heterocycles. The van der Waals surface area contributed by atoms with Crippen LogP contribution in [0.2, 0.25) is 0 Å². The number of likely N-dealkylation sites (tertiary alicyclic amines) is 1. The number of nitrogens with zero attached hydrogens (tertiary/aromatic N) is 2. The third kappa shape index (κ3) is 4.13. The number of ether oxygens (including phenoxy) is 1. The highest BCUT2D eigenvalue weighted by atomic mass is 16.6. The van der Waals surface area contributed by atoms with Crippen molar-refractivity contribution in [3.8, 4) is 0 Å². The first kappa shape index (κ1) is 18.6. The van der Waals surface area contributed by atoms with Gasteiger partial charge >= 0.3 is 5.97 Å². The van der Waals surface area contributed by atoms with Crippen molar-refractivity contribution in [3.05, 3.63) is 75.3 Å². The fourth-order valence-electron chi connectivity index (χ4n) is 3.10. The number of nitro benzene ring substituents is 1. The van der Waals surface area contributed by atoms with Crippen LogP contribution in [0.1, 0.15) is 40.4 Å². The monoisotopic (exact) mass is 368 g/mol. The summed E-state index contributed by atoms with van der Waals surface area (Å²) in [7, 11) is 0. The second-order valence-corrected chi connectivity index (χ2v) is 6.49. The van der Waals surface area contributed by atoms with Gasteiger partial charge in [0.05, 0.1) is 10.5 Å². The van der Waals surface area contributed by atoms with Gasteiger partial charge in [0.15, 0.2) is 0 Å². The third-order valence-corrected chi connectivity index (χ3v) is 4.61. The molecule has 1 fully saturated rings. The standard InChI is InChI=1S/C20H20N2O5/c1-14-9-10-16(13-17(14)22(25)26)20(24)27-18(15-7-3-2-4-8-15)19(23)21-11-5-6-12-21/h2-4,7-10,13,18H,5-6,11-12H2,1H3. The second kappa shape index (κ2) is 7.99. The van der Waals surface area contributed by atoms with Crippen LogP contribution in [0, 0.1) is 17.0 Å². The lowest BCUT2D eigenvalue weighted by atomic mass is 10.1. The zero-order chi connectivity index (χ0) is 19.4. The molecular weight excluding hydrogens is 348 g/mol. The smallest absolute Gasteiger partial charge is 0.339 e. The second-order valence-electron chi connectivity index (χ2n) is 6.49. The normalized spacial score (nSPS) is 14.6. The lowest BCUT2D eigenvalue weighted by Gasteiger charge is -2.23. The molecule has 0 N–H and O–H groups in total. The van der Waals surface area contributed by atoms with E-state index in [1.165, 1.54) is 18.2 Å². The van der Waals surface area contributed by atoms with Gasteiger partial charge in [-0.1, -0.05) is 36.4 Å². The molecule has 0 aromatic heterocycles. The van der Waals surface area contributed by atoms with Gasteiger partial charge in [-0.15, -0.1) is 0 Å². The van der Waals surface area contributed by atoms with Gasteiger partial charge in [-0.3, -0.25) is 14.9 Å². The molecule has 1 unspecified atom stereocenters. The molecule has 3 rings (SSSR count). The summed E-state index contributed by atoms with van der Waals surface area (Å²) in [5.41, 5.74) is 0.905. The lowest BCUT2D eigenvalue weighted by Crippen LogP contribution is -2.34. The van der Waals surface area contributed by atoms with Gasteiger partial charge in [-0.05, 0) is 25.8 Å². The van der Waals surface area contributed by atoms with E-state index >= 15 is 0 Å².